The van der Waals surface area contributed by atoms with Gasteiger partial charge in [-0.3, -0.25) is 4.79 Å². The van der Waals surface area contributed by atoms with Gasteiger partial charge in [0.15, 0.2) is 0 Å². The highest BCUT2D eigenvalue weighted by Crippen LogP contribution is 2.22. The van der Waals surface area contributed by atoms with Gasteiger partial charge < -0.3 is 15.5 Å². The lowest BCUT2D eigenvalue weighted by molar-refractivity contribution is -0.119. The van der Waals surface area contributed by atoms with Crippen molar-refractivity contribution in [3.8, 4) is 5.69 Å². The van der Waals surface area contributed by atoms with Crippen LogP contribution >= 0.6 is 0 Å². The summed E-state index contributed by atoms with van der Waals surface area (Å²) >= 11 is 0. The van der Waals surface area contributed by atoms with Gasteiger partial charge in [-0.1, -0.05) is 19.3 Å². The number of likely N-dealkylation sites (tertiary alicyclic amines) is 1. The number of hydrogen-bond donors (Lipinski definition) is 2. The van der Waals surface area contributed by atoms with Crippen molar-refractivity contribution in [1.82, 2.24) is 30.4 Å². The molecule has 1 aromatic carbocycles. The zero-order valence-electron chi connectivity index (χ0n) is 15.8. The summed E-state index contributed by atoms with van der Waals surface area (Å²) in [6.07, 6.45) is 8.67. The molecule has 2 N–H and O–H groups in total. The van der Waals surface area contributed by atoms with Crippen molar-refractivity contribution in [3.63, 3.8) is 0 Å². The third kappa shape index (κ3) is 4.13. The van der Waals surface area contributed by atoms with E-state index in [9.17, 15) is 9.59 Å². The van der Waals surface area contributed by atoms with Crippen LogP contribution in [0.4, 0.5) is 10.5 Å². The Bertz CT molecular complexity index is 800. The van der Waals surface area contributed by atoms with Crippen LogP contribution in [0.15, 0.2) is 30.6 Å². The highest BCUT2D eigenvalue weighted by atomic mass is 16.2. The second-order valence-electron chi connectivity index (χ2n) is 7.43. The van der Waals surface area contributed by atoms with Crippen molar-refractivity contribution >= 4 is 17.6 Å². The number of rotatable bonds is 4. The standard InChI is InChI=1S/C19H25N7O2/c27-18(21-15-8-10-16(11-9-15)26-13-20-23-24-26)17-7-4-12-25(17)19(28)22-14-5-2-1-3-6-14/h8-11,13-14,17H,1-7,12H2,(H,21,27)(H,22,28)/t17-/m1/s1. The van der Waals surface area contributed by atoms with Crippen LogP contribution < -0.4 is 10.6 Å². The smallest absolute Gasteiger partial charge is 0.318 e. The molecule has 1 aromatic heterocycles. The van der Waals surface area contributed by atoms with E-state index in [1.807, 2.05) is 12.1 Å². The van der Waals surface area contributed by atoms with E-state index < -0.39 is 6.04 Å². The third-order valence-electron chi connectivity index (χ3n) is 5.50. The van der Waals surface area contributed by atoms with Crippen molar-refractivity contribution in [2.45, 2.75) is 57.0 Å². The first-order valence-corrected chi connectivity index (χ1v) is 9.92. The first-order valence-electron chi connectivity index (χ1n) is 9.92. The van der Waals surface area contributed by atoms with Gasteiger partial charge in [0.1, 0.15) is 12.4 Å². The summed E-state index contributed by atoms with van der Waals surface area (Å²) in [4.78, 5) is 27.1. The molecular weight excluding hydrogens is 358 g/mol. The molecule has 9 nitrogen and oxygen atoms in total. The monoisotopic (exact) mass is 383 g/mol. The molecule has 1 aliphatic heterocycles. The minimum atomic E-state index is -0.428. The maximum absolute atomic E-state index is 12.8. The summed E-state index contributed by atoms with van der Waals surface area (Å²) in [5, 5.41) is 17.1. The Balaban J connectivity index is 1.36. The Kier molecular flexibility index (Phi) is 5.50. The van der Waals surface area contributed by atoms with Crippen molar-refractivity contribution in [2.24, 2.45) is 0 Å². The summed E-state index contributed by atoms with van der Waals surface area (Å²) in [7, 11) is 0. The molecule has 1 aliphatic carbocycles. The number of amides is 3. The van der Waals surface area contributed by atoms with Gasteiger partial charge in [0.05, 0.1) is 5.69 Å². The molecule has 9 heteroatoms. The van der Waals surface area contributed by atoms with Crippen molar-refractivity contribution in [3.05, 3.63) is 30.6 Å². The van der Waals surface area contributed by atoms with Crippen LogP contribution in [0.25, 0.3) is 5.69 Å². The molecule has 1 atom stereocenters. The Morgan fingerprint density at radius 1 is 1.00 bits per heavy atom. The minimum absolute atomic E-state index is 0.112. The van der Waals surface area contributed by atoms with Crippen LogP contribution in [0.5, 0.6) is 0 Å². The van der Waals surface area contributed by atoms with Crippen LogP contribution in [-0.4, -0.2) is 55.7 Å². The summed E-state index contributed by atoms with van der Waals surface area (Å²) < 4.78 is 1.54. The van der Waals surface area contributed by atoms with Crippen LogP contribution in [0.1, 0.15) is 44.9 Å². The van der Waals surface area contributed by atoms with E-state index in [-0.39, 0.29) is 18.0 Å². The SMILES string of the molecule is O=C(Nc1ccc(-n2cnnn2)cc1)[C@H]1CCCN1C(=O)NC1CCCCC1. The number of nitrogens with zero attached hydrogens (tertiary/aromatic N) is 5. The molecule has 2 heterocycles. The quantitative estimate of drug-likeness (QED) is 0.841. The largest absolute Gasteiger partial charge is 0.335 e. The molecule has 0 unspecified atom stereocenters. The number of carbonyl (C=O) groups is 2. The predicted octanol–water partition coefficient (Wildman–Crippen LogP) is 2.11. The topological polar surface area (TPSA) is 105 Å². The zero-order chi connectivity index (χ0) is 19.3. The van der Waals surface area contributed by atoms with Gasteiger partial charge in [-0.25, -0.2) is 9.48 Å². The van der Waals surface area contributed by atoms with Gasteiger partial charge in [0.25, 0.3) is 0 Å². The molecule has 2 fully saturated rings. The fraction of sp³-hybridized carbons (Fsp3) is 0.526. The molecular formula is C19H25N7O2. The Morgan fingerprint density at radius 3 is 2.50 bits per heavy atom. The fourth-order valence-corrected chi connectivity index (χ4v) is 3.99. The predicted molar refractivity (Wildman–Crippen MR) is 103 cm³/mol. The average molecular weight is 383 g/mol. The number of benzene rings is 1. The normalized spacial score (nSPS) is 20.1. The highest BCUT2D eigenvalue weighted by molar-refractivity contribution is 5.97. The zero-order valence-corrected chi connectivity index (χ0v) is 15.8. The van der Waals surface area contributed by atoms with E-state index >= 15 is 0 Å². The number of urea groups is 1. The van der Waals surface area contributed by atoms with Crippen molar-refractivity contribution in [1.29, 1.82) is 0 Å². The van der Waals surface area contributed by atoms with E-state index in [1.54, 1.807) is 21.7 Å². The van der Waals surface area contributed by atoms with Gasteiger partial charge in [0.2, 0.25) is 5.91 Å². The first kappa shape index (κ1) is 18.4. The number of anilines is 1. The molecule has 0 spiro atoms. The number of aromatic nitrogens is 4. The first-order chi connectivity index (χ1) is 13.7. The number of nitrogens with one attached hydrogen (secondary N) is 2. The Labute approximate surface area is 163 Å². The lowest BCUT2D eigenvalue weighted by atomic mass is 9.96. The number of carbonyl (C=O) groups excluding carboxylic acids is 2. The Morgan fingerprint density at radius 2 is 1.79 bits per heavy atom. The van der Waals surface area contributed by atoms with Crippen LogP contribution in [0.3, 0.4) is 0 Å². The van der Waals surface area contributed by atoms with Crippen LogP contribution in [-0.2, 0) is 4.79 Å². The molecule has 28 heavy (non-hydrogen) atoms. The average Bonchev–Trinajstić information content (AvgIpc) is 3.41. The molecule has 3 amide bonds. The maximum Gasteiger partial charge on any atom is 0.318 e. The molecule has 2 aliphatic rings. The molecule has 1 saturated heterocycles. The summed E-state index contributed by atoms with van der Waals surface area (Å²) in [5.74, 6) is -0.147. The second-order valence-corrected chi connectivity index (χ2v) is 7.43. The van der Waals surface area contributed by atoms with Gasteiger partial charge in [-0.15, -0.1) is 5.10 Å². The minimum Gasteiger partial charge on any atom is -0.335 e. The van der Waals surface area contributed by atoms with Crippen molar-refractivity contribution in [2.75, 3.05) is 11.9 Å². The van der Waals surface area contributed by atoms with Crippen LogP contribution in [0.2, 0.25) is 0 Å². The van der Waals surface area contributed by atoms with Gasteiger partial charge >= 0.3 is 6.03 Å². The van der Waals surface area contributed by atoms with Gasteiger partial charge in [-0.05, 0) is 60.4 Å². The van der Waals surface area contributed by atoms with E-state index in [1.165, 1.54) is 12.7 Å². The van der Waals surface area contributed by atoms with Gasteiger partial charge in [0, 0.05) is 18.3 Å². The second kappa shape index (κ2) is 8.37. The number of hydrogen-bond acceptors (Lipinski definition) is 5. The highest BCUT2D eigenvalue weighted by Gasteiger charge is 2.35. The summed E-state index contributed by atoms with van der Waals surface area (Å²) in [6.45, 7) is 0.620. The van der Waals surface area contributed by atoms with E-state index in [4.69, 9.17) is 0 Å². The number of tetrazole rings is 1. The molecule has 2 aromatic rings. The van der Waals surface area contributed by atoms with Crippen molar-refractivity contribution < 1.29 is 9.59 Å². The lowest BCUT2D eigenvalue weighted by Crippen LogP contribution is -2.50. The molecule has 0 bridgehead atoms. The molecule has 0 radical (unpaired) electrons. The Hall–Kier alpha value is -2.97. The summed E-state index contributed by atoms with van der Waals surface area (Å²) in [5.41, 5.74) is 1.48. The van der Waals surface area contributed by atoms with E-state index in [2.05, 4.69) is 26.2 Å². The molecule has 148 valence electrons. The molecule has 1 saturated carbocycles. The third-order valence-corrected chi connectivity index (χ3v) is 5.50. The fourth-order valence-electron chi connectivity index (χ4n) is 3.99. The molecule has 4 rings (SSSR count). The van der Waals surface area contributed by atoms with Crippen LogP contribution in [0, 0.1) is 0 Å². The lowest BCUT2D eigenvalue weighted by Gasteiger charge is -2.29. The summed E-state index contributed by atoms with van der Waals surface area (Å²) in [6, 6.07) is 6.96. The van der Waals surface area contributed by atoms with E-state index in [0.717, 1.165) is 37.8 Å². The van der Waals surface area contributed by atoms with E-state index in [0.29, 0.717) is 18.7 Å². The van der Waals surface area contributed by atoms with Gasteiger partial charge in [-0.2, -0.15) is 0 Å². The maximum atomic E-state index is 12.8.